The second-order valence-electron chi connectivity index (χ2n) is 4.01. The van der Waals surface area contributed by atoms with Gasteiger partial charge >= 0.3 is 0 Å². The smallest absolute Gasteiger partial charge is 0.268 e. The van der Waals surface area contributed by atoms with Gasteiger partial charge in [-0.25, -0.2) is 4.98 Å². The van der Waals surface area contributed by atoms with E-state index in [0.717, 1.165) is 4.47 Å². The Bertz CT molecular complexity index is 831. The zero-order valence-corrected chi connectivity index (χ0v) is 13.2. The molecular formula is C13H8BrClN2O2S. The van der Waals surface area contributed by atoms with Gasteiger partial charge < -0.3 is 9.72 Å². The van der Waals surface area contributed by atoms with Crippen LogP contribution in [0.1, 0.15) is 5.82 Å². The molecule has 0 saturated heterocycles. The van der Waals surface area contributed by atoms with Crippen LogP contribution in [0.15, 0.2) is 38.9 Å². The van der Waals surface area contributed by atoms with Crippen LogP contribution in [0, 0.1) is 0 Å². The summed E-state index contributed by atoms with van der Waals surface area (Å²) in [6.07, 6.45) is 0. The van der Waals surface area contributed by atoms with E-state index in [1.807, 2.05) is 11.4 Å². The number of ether oxygens (including phenoxy) is 1. The van der Waals surface area contributed by atoms with E-state index in [9.17, 15) is 4.79 Å². The van der Waals surface area contributed by atoms with Crippen LogP contribution in [0.25, 0.3) is 10.2 Å². The first-order chi connectivity index (χ1) is 9.63. The number of aromatic amines is 1. The minimum atomic E-state index is -0.140. The zero-order valence-electron chi connectivity index (χ0n) is 10.0. The fourth-order valence-electron chi connectivity index (χ4n) is 1.73. The Morgan fingerprint density at radius 1 is 1.40 bits per heavy atom. The lowest BCUT2D eigenvalue weighted by molar-refractivity contribution is 0.294. The minimum Gasteiger partial charge on any atom is -0.485 e. The molecule has 0 spiro atoms. The molecule has 0 bridgehead atoms. The van der Waals surface area contributed by atoms with Crippen molar-refractivity contribution >= 4 is 49.1 Å². The van der Waals surface area contributed by atoms with Gasteiger partial charge in [0, 0.05) is 5.02 Å². The highest BCUT2D eigenvalue weighted by Gasteiger charge is 2.07. The molecule has 0 aliphatic heterocycles. The summed E-state index contributed by atoms with van der Waals surface area (Å²) in [5.41, 5.74) is 0.547. The van der Waals surface area contributed by atoms with Crippen molar-refractivity contribution in [1.82, 2.24) is 9.97 Å². The van der Waals surface area contributed by atoms with Crippen LogP contribution in [0.5, 0.6) is 5.75 Å². The Balaban J connectivity index is 1.84. The van der Waals surface area contributed by atoms with Crippen molar-refractivity contribution in [3.05, 3.63) is 55.3 Å². The molecule has 3 rings (SSSR count). The molecule has 102 valence electrons. The predicted molar refractivity (Wildman–Crippen MR) is 83.7 cm³/mol. The zero-order chi connectivity index (χ0) is 14.1. The molecule has 0 atom stereocenters. The van der Waals surface area contributed by atoms with Gasteiger partial charge in [0.1, 0.15) is 22.9 Å². The predicted octanol–water partition coefficient (Wildman–Crippen LogP) is 3.98. The number of benzene rings is 1. The van der Waals surface area contributed by atoms with Gasteiger partial charge in [-0.15, -0.1) is 11.3 Å². The molecule has 20 heavy (non-hydrogen) atoms. The van der Waals surface area contributed by atoms with Crippen LogP contribution in [-0.2, 0) is 6.61 Å². The van der Waals surface area contributed by atoms with E-state index in [4.69, 9.17) is 16.3 Å². The summed E-state index contributed by atoms with van der Waals surface area (Å²) in [4.78, 5) is 18.9. The van der Waals surface area contributed by atoms with Crippen molar-refractivity contribution in [1.29, 1.82) is 0 Å². The maximum absolute atomic E-state index is 11.8. The van der Waals surface area contributed by atoms with Crippen LogP contribution < -0.4 is 10.3 Å². The second kappa shape index (κ2) is 5.55. The van der Waals surface area contributed by atoms with Crippen LogP contribution in [0.2, 0.25) is 5.02 Å². The van der Waals surface area contributed by atoms with Gasteiger partial charge in [-0.05, 0) is 45.6 Å². The number of fused-ring (bicyclic) bond motifs is 1. The number of rotatable bonds is 3. The summed E-state index contributed by atoms with van der Waals surface area (Å²) in [6, 6.07) is 7.06. The molecule has 3 aromatic rings. The number of H-pyrrole nitrogens is 1. The number of halogens is 2. The van der Waals surface area contributed by atoms with E-state index in [2.05, 4.69) is 25.9 Å². The van der Waals surface area contributed by atoms with Gasteiger partial charge in [0.25, 0.3) is 5.56 Å². The number of hydrogen-bond acceptors (Lipinski definition) is 4. The van der Waals surface area contributed by atoms with Crippen LogP contribution >= 0.6 is 38.9 Å². The Morgan fingerprint density at radius 2 is 2.25 bits per heavy atom. The monoisotopic (exact) mass is 370 g/mol. The summed E-state index contributed by atoms with van der Waals surface area (Å²) < 4.78 is 7.00. The van der Waals surface area contributed by atoms with Crippen LogP contribution in [-0.4, -0.2) is 9.97 Å². The SMILES string of the molecule is O=c1[nH]c(COc2ccc(Cl)cc2Br)nc2ccsc12. The largest absolute Gasteiger partial charge is 0.485 e. The van der Waals surface area contributed by atoms with E-state index in [0.29, 0.717) is 26.8 Å². The second-order valence-corrected chi connectivity index (χ2v) is 6.22. The average molecular weight is 372 g/mol. The lowest BCUT2D eigenvalue weighted by Crippen LogP contribution is -2.12. The van der Waals surface area contributed by atoms with Crippen molar-refractivity contribution in [2.24, 2.45) is 0 Å². The molecule has 0 amide bonds. The van der Waals surface area contributed by atoms with Gasteiger partial charge in [-0.1, -0.05) is 11.6 Å². The molecule has 0 saturated carbocycles. The molecule has 0 unspecified atom stereocenters. The number of nitrogens with zero attached hydrogens (tertiary/aromatic N) is 1. The van der Waals surface area contributed by atoms with Gasteiger partial charge in [0.2, 0.25) is 0 Å². The van der Waals surface area contributed by atoms with E-state index in [-0.39, 0.29) is 12.2 Å². The molecule has 2 aromatic heterocycles. The summed E-state index contributed by atoms with van der Waals surface area (Å²) in [5, 5.41) is 2.46. The van der Waals surface area contributed by atoms with E-state index >= 15 is 0 Å². The molecule has 2 heterocycles. The first-order valence-electron chi connectivity index (χ1n) is 5.68. The van der Waals surface area contributed by atoms with Gasteiger partial charge in [-0.2, -0.15) is 0 Å². The number of aromatic nitrogens is 2. The Morgan fingerprint density at radius 3 is 3.05 bits per heavy atom. The van der Waals surface area contributed by atoms with Crippen LogP contribution in [0.4, 0.5) is 0 Å². The van der Waals surface area contributed by atoms with Crippen molar-refractivity contribution in [3.8, 4) is 5.75 Å². The maximum Gasteiger partial charge on any atom is 0.268 e. The van der Waals surface area contributed by atoms with Gasteiger partial charge in [-0.3, -0.25) is 4.79 Å². The molecule has 0 radical (unpaired) electrons. The molecule has 4 nitrogen and oxygen atoms in total. The molecule has 7 heteroatoms. The first-order valence-corrected chi connectivity index (χ1v) is 7.73. The summed E-state index contributed by atoms with van der Waals surface area (Å²) in [6.45, 7) is 0.182. The summed E-state index contributed by atoms with van der Waals surface area (Å²) >= 11 is 10.6. The Kier molecular flexibility index (Phi) is 3.78. The van der Waals surface area contributed by atoms with Gasteiger partial charge in [0.05, 0.1) is 9.99 Å². The van der Waals surface area contributed by atoms with E-state index in [1.54, 1.807) is 18.2 Å². The molecule has 0 fully saturated rings. The third-order valence-corrected chi connectivity index (χ3v) is 4.38. The standard InChI is InChI=1S/C13H8BrClN2O2S/c14-8-5-7(15)1-2-10(8)19-6-11-16-9-3-4-20-12(9)13(18)17-11/h1-5H,6H2,(H,16,17,18). The highest BCUT2D eigenvalue weighted by Crippen LogP contribution is 2.28. The molecule has 0 aliphatic carbocycles. The fourth-order valence-corrected chi connectivity index (χ4v) is 3.25. The minimum absolute atomic E-state index is 0.140. The van der Waals surface area contributed by atoms with E-state index < -0.39 is 0 Å². The van der Waals surface area contributed by atoms with Crippen LogP contribution in [0.3, 0.4) is 0 Å². The molecule has 0 aliphatic rings. The number of hydrogen-bond donors (Lipinski definition) is 1. The third kappa shape index (κ3) is 2.72. The normalized spacial score (nSPS) is 10.9. The lowest BCUT2D eigenvalue weighted by atomic mass is 10.3. The van der Waals surface area contributed by atoms with Crippen molar-refractivity contribution in [2.45, 2.75) is 6.61 Å². The van der Waals surface area contributed by atoms with E-state index in [1.165, 1.54) is 11.3 Å². The number of thiophene rings is 1. The molecule has 1 N–H and O–H groups in total. The number of nitrogens with one attached hydrogen (secondary N) is 1. The third-order valence-electron chi connectivity index (χ3n) is 2.62. The highest BCUT2D eigenvalue weighted by molar-refractivity contribution is 9.10. The van der Waals surface area contributed by atoms with Crippen molar-refractivity contribution in [3.63, 3.8) is 0 Å². The highest BCUT2D eigenvalue weighted by atomic mass is 79.9. The maximum atomic E-state index is 11.8. The topological polar surface area (TPSA) is 55.0 Å². The summed E-state index contributed by atoms with van der Waals surface area (Å²) in [7, 11) is 0. The molecular weight excluding hydrogens is 364 g/mol. The lowest BCUT2D eigenvalue weighted by Gasteiger charge is -2.07. The Hall–Kier alpha value is -1.37. The average Bonchev–Trinajstić information content (AvgIpc) is 2.86. The quantitative estimate of drug-likeness (QED) is 0.757. The summed E-state index contributed by atoms with van der Waals surface area (Å²) in [5.74, 6) is 1.13. The van der Waals surface area contributed by atoms with Crippen molar-refractivity contribution in [2.75, 3.05) is 0 Å². The molecule has 1 aromatic carbocycles. The fraction of sp³-hybridized carbons (Fsp3) is 0.0769. The Labute approximate surface area is 131 Å². The van der Waals surface area contributed by atoms with Crippen molar-refractivity contribution < 1.29 is 4.74 Å². The van der Waals surface area contributed by atoms with Gasteiger partial charge in [0.15, 0.2) is 0 Å². The first kappa shape index (κ1) is 13.6.